The molecular formula is C17H27NO2. The van der Waals surface area contributed by atoms with Crippen LogP contribution in [-0.2, 0) is 0 Å². The molecule has 3 nitrogen and oxygen atoms in total. The highest BCUT2D eigenvalue weighted by Crippen LogP contribution is 2.25. The fourth-order valence-electron chi connectivity index (χ4n) is 2.85. The summed E-state index contributed by atoms with van der Waals surface area (Å²) in [4.78, 5) is 2.30. The predicted octanol–water partition coefficient (Wildman–Crippen LogP) is 2.92. The monoisotopic (exact) mass is 277 g/mol. The maximum Gasteiger partial charge on any atom is 0.119 e. The highest BCUT2D eigenvalue weighted by atomic mass is 16.5. The van der Waals surface area contributed by atoms with Gasteiger partial charge < -0.3 is 9.84 Å². The topological polar surface area (TPSA) is 32.7 Å². The van der Waals surface area contributed by atoms with Crippen LogP contribution in [0.15, 0.2) is 18.2 Å². The van der Waals surface area contributed by atoms with E-state index in [1.807, 2.05) is 6.07 Å². The van der Waals surface area contributed by atoms with E-state index in [1.54, 1.807) is 0 Å². The molecule has 1 aliphatic rings. The number of aryl methyl sites for hydroxylation is 2. The summed E-state index contributed by atoms with van der Waals surface area (Å²) in [7, 11) is 0. The molecule has 0 amide bonds. The van der Waals surface area contributed by atoms with Gasteiger partial charge in [0.15, 0.2) is 0 Å². The summed E-state index contributed by atoms with van der Waals surface area (Å²) in [5, 5.41) is 10.1. The van der Waals surface area contributed by atoms with Gasteiger partial charge in [-0.2, -0.15) is 0 Å². The number of hydrogen-bond acceptors (Lipinski definition) is 3. The third kappa shape index (κ3) is 3.97. The summed E-state index contributed by atoms with van der Waals surface area (Å²) in [6, 6.07) is 6.23. The summed E-state index contributed by atoms with van der Waals surface area (Å²) in [6.07, 6.45) is 2.98. The molecule has 0 spiro atoms. The van der Waals surface area contributed by atoms with E-state index in [0.717, 1.165) is 51.3 Å². The van der Waals surface area contributed by atoms with Crippen molar-refractivity contribution in [2.24, 2.45) is 0 Å². The summed E-state index contributed by atoms with van der Waals surface area (Å²) in [5.41, 5.74) is 2.16. The fraction of sp³-hybridized carbons (Fsp3) is 0.647. The van der Waals surface area contributed by atoms with Gasteiger partial charge in [-0.15, -0.1) is 0 Å². The molecule has 0 aliphatic carbocycles. The Balaban J connectivity index is 1.62. The maximum absolute atomic E-state index is 10.1. The summed E-state index contributed by atoms with van der Waals surface area (Å²) in [6.45, 7) is 9.74. The molecule has 0 bridgehead atoms. The second-order valence-corrected chi connectivity index (χ2v) is 6.13. The number of ether oxygens (including phenoxy) is 1. The average molecular weight is 277 g/mol. The van der Waals surface area contributed by atoms with E-state index in [-0.39, 0.29) is 0 Å². The van der Waals surface area contributed by atoms with Crippen molar-refractivity contribution >= 4 is 0 Å². The lowest BCUT2D eigenvalue weighted by Crippen LogP contribution is -2.61. The number of rotatable bonds is 7. The van der Waals surface area contributed by atoms with Crippen molar-refractivity contribution in [1.82, 2.24) is 4.90 Å². The standard InChI is InChI=1S/C17H27NO2/c1-4-8-17(19)12-18(13-17)9-5-10-20-16-7-6-14(2)15(3)11-16/h6-7,11,19H,4-5,8-10,12-13H2,1-3H3. The van der Waals surface area contributed by atoms with Gasteiger partial charge in [-0.3, -0.25) is 4.90 Å². The predicted molar refractivity (Wildman–Crippen MR) is 82.3 cm³/mol. The van der Waals surface area contributed by atoms with Crippen LogP contribution >= 0.6 is 0 Å². The highest BCUT2D eigenvalue weighted by molar-refractivity contribution is 5.33. The molecular weight excluding hydrogens is 250 g/mol. The lowest BCUT2D eigenvalue weighted by molar-refractivity contribution is -0.103. The number of hydrogen-bond donors (Lipinski definition) is 1. The second-order valence-electron chi connectivity index (χ2n) is 6.13. The number of benzene rings is 1. The molecule has 0 atom stereocenters. The van der Waals surface area contributed by atoms with Gasteiger partial charge in [-0.25, -0.2) is 0 Å². The molecule has 1 aromatic carbocycles. The zero-order chi connectivity index (χ0) is 14.6. The first-order valence-corrected chi connectivity index (χ1v) is 7.67. The second kappa shape index (κ2) is 6.59. The molecule has 112 valence electrons. The Morgan fingerprint density at radius 1 is 1.25 bits per heavy atom. The van der Waals surface area contributed by atoms with Gasteiger partial charge in [-0.05, 0) is 49.9 Å². The van der Waals surface area contributed by atoms with Gasteiger partial charge in [0.25, 0.3) is 0 Å². The average Bonchev–Trinajstić information content (AvgIpc) is 2.37. The van der Waals surface area contributed by atoms with Gasteiger partial charge in [-0.1, -0.05) is 19.4 Å². The van der Waals surface area contributed by atoms with Crippen LogP contribution in [0.25, 0.3) is 0 Å². The Morgan fingerprint density at radius 2 is 2.00 bits per heavy atom. The van der Waals surface area contributed by atoms with Crippen molar-refractivity contribution in [2.45, 2.75) is 45.6 Å². The number of β-amino-alcohol motifs (C(OH)–C–C–N with tert-alkyl or cyclic N) is 1. The number of aliphatic hydroxyl groups is 1. The van der Waals surface area contributed by atoms with Crippen LogP contribution in [0.3, 0.4) is 0 Å². The number of likely N-dealkylation sites (tertiary alicyclic amines) is 1. The van der Waals surface area contributed by atoms with E-state index >= 15 is 0 Å². The van der Waals surface area contributed by atoms with Crippen LogP contribution < -0.4 is 4.74 Å². The van der Waals surface area contributed by atoms with Gasteiger partial charge in [0.2, 0.25) is 0 Å². The van der Waals surface area contributed by atoms with Crippen LogP contribution in [0.2, 0.25) is 0 Å². The normalized spacial score (nSPS) is 17.8. The third-order valence-corrected chi connectivity index (χ3v) is 4.12. The molecule has 20 heavy (non-hydrogen) atoms. The molecule has 1 fully saturated rings. The zero-order valence-electron chi connectivity index (χ0n) is 13.0. The molecule has 1 aromatic rings. The Bertz CT molecular complexity index is 439. The number of nitrogens with zero attached hydrogens (tertiary/aromatic N) is 1. The van der Waals surface area contributed by atoms with Crippen molar-refractivity contribution in [3.05, 3.63) is 29.3 Å². The smallest absolute Gasteiger partial charge is 0.119 e. The van der Waals surface area contributed by atoms with Crippen LogP contribution in [0.4, 0.5) is 0 Å². The van der Waals surface area contributed by atoms with Crippen molar-refractivity contribution < 1.29 is 9.84 Å². The van der Waals surface area contributed by atoms with E-state index < -0.39 is 5.60 Å². The van der Waals surface area contributed by atoms with Crippen molar-refractivity contribution in [2.75, 3.05) is 26.2 Å². The first kappa shape index (κ1) is 15.3. The largest absolute Gasteiger partial charge is 0.494 e. The van der Waals surface area contributed by atoms with Crippen molar-refractivity contribution in [3.8, 4) is 5.75 Å². The van der Waals surface area contributed by atoms with Crippen LogP contribution in [-0.4, -0.2) is 41.8 Å². The van der Waals surface area contributed by atoms with Crippen molar-refractivity contribution in [3.63, 3.8) is 0 Å². The van der Waals surface area contributed by atoms with E-state index in [0.29, 0.717) is 0 Å². The molecule has 3 heteroatoms. The maximum atomic E-state index is 10.1. The fourth-order valence-corrected chi connectivity index (χ4v) is 2.85. The minimum atomic E-state index is -0.413. The molecule has 0 aromatic heterocycles. The lowest BCUT2D eigenvalue weighted by Gasteiger charge is -2.46. The Hall–Kier alpha value is -1.06. The quantitative estimate of drug-likeness (QED) is 0.778. The first-order chi connectivity index (χ1) is 9.52. The third-order valence-electron chi connectivity index (χ3n) is 4.12. The van der Waals surface area contributed by atoms with Gasteiger partial charge in [0.05, 0.1) is 12.2 Å². The molecule has 0 unspecified atom stereocenters. The van der Waals surface area contributed by atoms with Crippen LogP contribution in [0.1, 0.15) is 37.3 Å². The molecule has 1 aliphatic heterocycles. The van der Waals surface area contributed by atoms with Gasteiger partial charge >= 0.3 is 0 Å². The van der Waals surface area contributed by atoms with Crippen molar-refractivity contribution in [1.29, 1.82) is 0 Å². The summed E-state index contributed by atoms with van der Waals surface area (Å²) < 4.78 is 5.77. The van der Waals surface area contributed by atoms with Crippen LogP contribution in [0.5, 0.6) is 5.75 Å². The lowest BCUT2D eigenvalue weighted by atomic mass is 9.89. The first-order valence-electron chi connectivity index (χ1n) is 7.67. The van der Waals surface area contributed by atoms with E-state index in [9.17, 15) is 5.11 Å². The summed E-state index contributed by atoms with van der Waals surface area (Å²) in [5.74, 6) is 0.958. The minimum Gasteiger partial charge on any atom is -0.494 e. The van der Waals surface area contributed by atoms with E-state index in [4.69, 9.17) is 4.74 Å². The molecule has 2 rings (SSSR count). The highest BCUT2D eigenvalue weighted by Gasteiger charge is 2.39. The molecule has 1 N–H and O–H groups in total. The SMILES string of the molecule is CCCC1(O)CN(CCCOc2ccc(C)c(C)c2)C1. The molecule has 1 heterocycles. The minimum absolute atomic E-state index is 0.413. The molecule has 0 saturated carbocycles. The Kier molecular flexibility index (Phi) is 5.06. The van der Waals surface area contributed by atoms with Crippen LogP contribution in [0, 0.1) is 13.8 Å². The zero-order valence-corrected chi connectivity index (χ0v) is 13.0. The Morgan fingerprint density at radius 3 is 2.65 bits per heavy atom. The van der Waals surface area contributed by atoms with Gasteiger partial charge in [0.1, 0.15) is 5.75 Å². The Labute approximate surface area is 122 Å². The van der Waals surface area contributed by atoms with E-state index in [1.165, 1.54) is 11.1 Å². The van der Waals surface area contributed by atoms with E-state index in [2.05, 4.69) is 37.8 Å². The molecule has 0 radical (unpaired) electrons. The van der Waals surface area contributed by atoms with Gasteiger partial charge in [0, 0.05) is 19.6 Å². The summed E-state index contributed by atoms with van der Waals surface area (Å²) >= 11 is 0. The molecule has 1 saturated heterocycles.